The quantitative estimate of drug-likeness (QED) is 0.448. The van der Waals surface area contributed by atoms with Gasteiger partial charge in [0.1, 0.15) is 5.60 Å². The van der Waals surface area contributed by atoms with E-state index in [1.165, 1.54) is 5.38 Å². The van der Waals surface area contributed by atoms with E-state index in [2.05, 4.69) is 15.6 Å². The van der Waals surface area contributed by atoms with Crippen LogP contribution in [0.15, 0.2) is 5.38 Å². The molecule has 0 atom stereocenters. The number of ether oxygens (including phenoxy) is 2. The highest BCUT2D eigenvalue weighted by Gasteiger charge is 2.18. The maximum atomic E-state index is 11.5. The fraction of sp³-hybridized carbons (Fsp3) is 0.500. The Morgan fingerprint density at radius 1 is 1.43 bits per heavy atom. The van der Waals surface area contributed by atoms with Crippen molar-refractivity contribution in [1.29, 1.82) is 5.41 Å². The van der Waals surface area contributed by atoms with Gasteiger partial charge in [-0.05, 0) is 27.7 Å². The van der Waals surface area contributed by atoms with Crippen LogP contribution in [0.1, 0.15) is 38.2 Å². The molecule has 9 heteroatoms. The third kappa shape index (κ3) is 6.21. The molecule has 1 amide bonds. The van der Waals surface area contributed by atoms with E-state index >= 15 is 0 Å². The molecule has 0 aliphatic heterocycles. The lowest BCUT2D eigenvalue weighted by Gasteiger charge is -2.19. The maximum Gasteiger partial charge on any atom is 0.414 e. The molecule has 116 valence electrons. The van der Waals surface area contributed by atoms with Crippen LogP contribution in [0.3, 0.4) is 0 Å². The highest BCUT2D eigenvalue weighted by atomic mass is 32.1. The van der Waals surface area contributed by atoms with Gasteiger partial charge in [0, 0.05) is 5.38 Å². The highest BCUT2D eigenvalue weighted by molar-refractivity contribution is 7.14. The molecule has 0 fully saturated rings. The number of carbonyl (C=O) groups excluding carboxylic acids is 2. The van der Waals surface area contributed by atoms with Gasteiger partial charge in [-0.25, -0.2) is 14.6 Å². The van der Waals surface area contributed by atoms with Crippen molar-refractivity contribution < 1.29 is 19.1 Å². The summed E-state index contributed by atoms with van der Waals surface area (Å²) >= 11 is 1.12. The fourth-order valence-electron chi connectivity index (χ4n) is 1.17. The lowest BCUT2D eigenvalue weighted by molar-refractivity contribution is 0.0517. The van der Waals surface area contributed by atoms with E-state index in [-0.39, 0.29) is 18.3 Å². The van der Waals surface area contributed by atoms with Gasteiger partial charge in [0.05, 0.1) is 6.61 Å². The van der Waals surface area contributed by atoms with Gasteiger partial charge in [0.25, 0.3) is 0 Å². The zero-order chi connectivity index (χ0) is 16.0. The molecule has 0 aliphatic carbocycles. The van der Waals surface area contributed by atoms with E-state index in [0.717, 1.165) is 11.3 Å². The van der Waals surface area contributed by atoms with Crippen LogP contribution in [-0.4, -0.2) is 35.2 Å². The summed E-state index contributed by atoms with van der Waals surface area (Å²) in [5.41, 5.74) is -0.503. The minimum Gasteiger partial charge on any atom is -0.461 e. The van der Waals surface area contributed by atoms with Crippen molar-refractivity contribution in [2.75, 3.05) is 11.9 Å². The first-order chi connectivity index (χ1) is 9.71. The Morgan fingerprint density at radius 3 is 2.67 bits per heavy atom. The predicted molar refractivity (Wildman–Crippen MR) is 78.8 cm³/mol. The predicted octanol–water partition coefficient (Wildman–Crippen LogP) is 2.19. The second kappa shape index (κ2) is 7.02. The molecule has 0 saturated heterocycles. The van der Waals surface area contributed by atoms with Gasteiger partial charge in [-0.2, -0.15) is 0 Å². The van der Waals surface area contributed by atoms with E-state index in [1.807, 2.05) is 0 Å². The number of carbonyl (C=O) groups is 2. The second-order valence-electron chi connectivity index (χ2n) is 4.89. The second-order valence-corrected chi connectivity index (χ2v) is 5.74. The van der Waals surface area contributed by atoms with Crippen molar-refractivity contribution in [2.24, 2.45) is 0 Å². The lowest BCUT2D eigenvalue weighted by atomic mass is 10.2. The van der Waals surface area contributed by atoms with Crippen LogP contribution in [0.4, 0.5) is 9.93 Å². The number of nitrogens with one attached hydrogen (secondary N) is 3. The van der Waals surface area contributed by atoms with Crippen LogP contribution < -0.4 is 10.6 Å². The molecule has 3 N–H and O–H groups in total. The molecule has 1 rings (SSSR count). The van der Waals surface area contributed by atoms with E-state index in [9.17, 15) is 9.59 Å². The van der Waals surface area contributed by atoms with Gasteiger partial charge in [0.15, 0.2) is 10.8 Å². The summed E-state index contributed by atoms with van der Waals surface area (Å²) in [5, 5.41) is 14.1. The zero-order valence-corrected chi connectivity index (χ0v) is 13.1. The van der Waals surface area contributed by atoms with Crippen molar-refractivity contribution in [3.05, 3.63) is 11.1 Å². The molecular formula is C12H18N4O4S. The number of nitrogens with zero attached hydrogens (tertiary/aromatic N) is 1. The number of esters is 1. The molecule has 0 bridgehead atoms. The van der Waals surface area contributed by atoms with Gasteiger partial charge in [0.2, 0.25) is 5.96 Å². The van der Waals surface area contributed by atoms with Crippen LogP contribution >= 0.6 is 11.3 Å². The Bertz CT molecular complexity index is 536. The number of rotatable bonds is 3. The number of guanidine groups is 1. The Kier molecular flexibility index (Phi) is 5.65. The monoisotopic (exact) mass is 314 g/mol. The Morgan fingerprint density at radius 2 is 2.10 bits per heavy atom. The van der Waals surface area contributed by atoms with Crippen molar-refractivity contribution >= 4 is 34.5 Å². The first-order valence-corrected chi connectivity index (χ1v) is 7.07. The summed E-state index contributed by atoms with van der Waals surface area (Å²) in [6.45, 7) is 7.11. The van der Waals surface area contributed by atoms with Crippen LogP contribution in [-0.2, 0) is 9.47 Å². The van der Waals surface area contributed by atoms with Gasteiger partial charge >= 0.3 is 12.1 Å². The Hall–Kier alpha value is -2.16. The molecular weight excluding hydrogens is 296 g/mol. The minimum absolute atomic E-state index is 0.148. The smallest absolute Gasteiger partial charge is 0.414 e. The van der Waals surface area contributed by atoms with E-state index in [1.54, 1.807) is 27.7 Å². The topological polar surface area (TPSA) is 113 Å². The average molecular weight is 314 g/mol. The van der Waals surface area contributed by atoms with Crippen LogP contribution in [0, 0.1) is 5.41 Å². The van der Waals surface area contributed by atoms with E-state index < -0.39 is 17.7 Å². The summed E-state index contributed by atoms with van der Waals surface area (Å²) in [7, 11) is 0. The molecule has 1 heterocycles. The number of anilines is 1. The van der Waals surface area contributed by atoms with Crippen molar-refractivity contribution in [3.8, 4) is 0 Å². The minimum atomic E-state index is -0.748. The third-order valence-electron chi connectivity index (χ3n) is 1.85. The van der Waals surface area contributed by atoms with Crippen molar-refractivity contribution in [3.63, 3.8) is 0 Å². The number of alkyl carbamates (subject to hydrolysis) is 1. The van der Waals surface area contributed by atoms with Gasteiger partial charge in [-0.3, -0.25) is 10.7 Å². The SMILES string of the molecule is CCOC(=O)c1csc(NC(=N)NC(=O)OC(C)(C)C)n1. The van der Waals surface area contributed by atoms with E-state index in [4.69, 9.17) is 14.9 Å². The number of amides is 1. The first-order valence-electron chi connectivity index (χ1n) is 6.19. The number of thiazole rings is 1. The molecule has 0 aliphatic rings. The normalized spacial score (nSPS) is 10.7. The molecule has 0 unspecified atom stereocenters. The third-order valence-corrected chi connectivity index (χ3v) is 2.60. The molecule has 0 aromatic carbocycles. The van der Waals surface area contributed by atoms with Gasteiger partial charge in [-0.1, -0.05) is 0 Å². The summed E-state index contributed by atoms with van der Waals surface area (Å²) in [4.78, 5) is 26.8. The van der Waals surface area contributed by atoms with Crippen LogP contribution in [0.2, 0.25) is 0 Å². The lowest BCUT2D eigenvalue weighted by Crippen LogP contribution is -2.39. The number of hydrogen-bond donors (Lipinski definition) is 3. The molecule has 0 saturated carbocycles. The zero-order valence-electron chi connectivity index (χ0n) is 12.3. The fourth-order valence-corrected chi connectivity index (χ4v) is 1.86. The van der Waals surface area contributed by atoms with Gasteiger partial charge < -0.3 is 14.8 Å². The largest absolute Gasteiger partial charge is 0.461 e. The Balaban J connectivity index is 2.52. The first kappa shape index (κ1) is 16.9. The van der Waals surface area contributed by atoms with Crippen LogP contribution in [0.5, 0.6) is 0 Å². The standard InChI is InChI=1S/C12H18N4O4S/c1-5-19-8(17)7-6-21-10(14-7)15-9(13)16-11(18)20-12(2,3)4/h6H,5H2,1-4H3,(H3,13,14,15,16,18). The maximum absolute atomic E-state index is 11.5. The number of hydrogen-bond acceptors (Lipinski definition) is 7. The Labute approximate surface area is 126 Å². The summed E-state index contributed by atoms with van der Waals surface area (Å²) < 4.78 is 9.80. The summed E-state index contributed by atoms with van der Waals surface area (Å²) in [6.07, 6.45) is -0.748. The molecule has 0 spiro atoms. The molecule has 1 aromatic rings. The molecule has 8 nitrogen and oxygen atoms in total. The molecule has 1 aromatic heterocycles. The van der Waals surface area contributed by atoms with Crippen LogP contribution in [0.25, 0.3) is 0 Å². The summed E-state index contributed by atoms with van der Waals surface area (Å²) in [5.74, 6) is -0.831. The highest BCUT2D eigenvalue weighted by Crippen LogP contribution is 2.15. The van der Waals surface area contributed by atoms with E-state index in [0.29, 0.717) is 5.13 Å². The average Bonchev–Trinajstić information content (AvgIpc) is 2.74. The van der Waals surface area contributed by atoms with Gasteiger partial charge in [-0.15, -0.1) is 11.3 Å². The van der Waals surface area contributed by atoms with Crippen molar-refractivity contribution in [2.45, 2.75) is 33.3 Å². The molecule has 0 radical (unpaired) electrons. The number of aromatic nitrogens is 1. The van der Waals surface area contributed by atoms with Crippen molar-refractivity contribution in [1.82, 2.24) is 10.3 Å². The summed E-state index contributed by atoms with van der Waals surface area (Å²) in [6, 6.07) is 0. The molecule has 21 heavy (non-hydrogen) atoms.